The molecule has 0 saturated carbocycles. The van der Waals surface area contributed by atoms with Crippen molar-refractivity contribution >= 4 is 44.1 Å². The van der Waals surface area contributed by atoms with Gasteiger partial charge in [0, 0.05) is 5.56 Å². The minimum Gasteiger partial charge on any atom is -0.507 e. The number of nitrogens with zero attached hydrogens (tertiary/aromatic N) is 2. The third kappa shape index (κ3) is 4.68. The van der Waals surface area contributed by atoms with E-state index in [1.165, 1.54) is 16.2 Å². The van der Waals surface area contributed by atoms with Gasteiger partial charge in [0.25, 0.3) is 5.78 Å². The number of ether oxygens (including phenoxy) is 2. The summed E-state index contributed by atoms with van der Waals surface area (Å²) in [5.74, 6) is -0.504. The second kappa shape index (κ2) is 10.4. The van der Waals surface area contributed by atoms with Crippen LogP contribution in [-0.4, -0.2) is 35.5 Å². The average molecular weight is 541 g/mol. The molecule has 1 aromatic heterocycles. The van der Waals surface area contributed by atoms with Crippen LogP contribution in [0.25, 0.3) is 16.0 Å². The van der Waals surface area contributed by atoms with E-state index in [0.717, 1.165) is 26.9 Å². The molecular formula is C31H28N2O5S. The van der Waals surface area contributed by atoms with Crippen molar-refractivity contribution in [2.24, 2.45) is 0 Å². The molecule has 1 saturated heterocycles. The van der Waals surface area contributed by atoms with Crippen molar-refractivity contribution < 1.29 is 24.2 Å². The highest BCUT2D eigenvalue weighted by Crippen LogP contribution is 2.45. The number of hydrogen-bond donors (Lipinski definition) is 1. The van der Waals surface area contributed by atoms with Crippen LogP contribution in [-0.2, 0) is 9.59 Å². The van der Waals surface area contributed by atoms with Gasteiger partial charge in [0.2, 0.25) is 0 Å². The summed E-state index contributed by atoms with van der Waals surface area (Å²) in [6.07, 6.45) is 1.65. The van der Waals surface area contributed by atoms with Crippen LogP contribution in [0.5, 0.6) is 11.5 Å². The van der Waals surface area contributed by atoms with E-state index >= 15 is 0 Å². The van der Waals surface area contributed by atoms with E-state index in [2.05, 4.69) is 6.58 Å². The molecule has 1 amide bonds. The third-order valence-electron chi connectivity index (χ3n) is 6.70. The molecule has 0 aliphatic carbocycles. The second-order valence-corrected chi connectivity index (χ2v) is 10.5. The lowest BCUT2D eigenvalue weighted by atomic mass is 9.95. The van der Waals surface area contributed by atoms with Crippen molar-refractivity contribution in [1.82, 2.24) is 4.98 Å². The van der Waals surface area contributed by atoms with Gasteiger partial charge in [-0.2, -0.15) is 0 Å². The van der Waals surface area contributed by atoms with Crippen molar-refractivity contribution in [2.75, 3.05) is 18.6 Å². The standard InChI is InChI=1S/C31H28N2O5S/c1-6-13-38-22-10-7-20(8-11-22)27-25(28(34)21-9-12-23(37-5)18(3)16-21)29(35)30(36)33(27)31-32-26-19(4)14-17(2)15-24(26)39-31/h6-12,14-16,27,34H,1,13H2,2-5H3/b28-25+/t27-/m1/s1. The van der Waals surface area contributed by atoms with Gasteiger partial charge in [0.15, 0.2) is 5.13 Å². The number of hydrogen-bond acceptors (Lipinski definition) is 7. The van der Waals surface area contributed by atoms with Crippen LogP contribution in [0.2, 0.25) is 0 Å². The predicted molar refractivity (Wildman–Crippen MR) is 154 cm³/mol. The van der Waals surface area contributed by atoms with Crippen LogP contribution in [0.3, 0.4) is 0 Å². The third-order valence-corrected chi connectivity index (χ3v) is 7.70. The number of Topliss-reactive ketones (excluding diaryl/α,β-unsaturated/α-hetero) is 1. The molecule has 0 radical (unpaired) electrons. The monoisotopic (exact) mass is 540 g/mol. The minimum absolute atomic E-state index is 0.00325. The highest BCUT2D eigenvalue weighted by Gasteiger charge is 2.48. The van der Waals surface area contributed by atoms with Gasteiger partial charge >= 0.3 is 5.91 Å². The van der Waals surface area contributed by atoms with Gasteiger partial charge < -0.3 is 14.6 Å². The normalized spacial score (nSPS) is 16.6. The topological polar surface area (TPSA) is 89.0 Å². The smallest absolute Gasteiger partial charge is 0.301 e. The summed E-state index contributed by atoms with van der Waals surface area (Å²) in [4.78, 5) is 33.3. The molecule has 0 bridgehead atoms. The number of benzene rings is 3. The maximum atomic E-state index is 13.6. The highest BCUT2D eigenvalue weighted by atomic mass is 32.1. The fourth-order valence-electron chi connectivity index (χ4n) is 4.89. The fraction of sp³-hybridized carbons (Fsp3) is 0.194. The largest absolute Gasteiger partial charge is 0.507 e. The molecule has 4 aromatic rings. The number of thiazole rings is 1. The number of methoxy groups -OCH3 is 1. The fourth-order valence-corrected chi connectivity index (χ4v) is 6.06. The summed E-state index contributed by atoms with van der Waals surface area (Å²) in [5.41, 5.74) is 4.68. The Kier molecular flexibility index (Phi) is 6.97. The zero-order valence-electron chi connectivity index (χ0n) is 22.1. The number of carbonyl (C=O) groups excluding carboxylic acids is 2. The van der Waals surface area contributed by atoms with Crippen molar-refractivity contribution in [3.63, 3.8) is 0 Å². The van der Waals surface area contributed by atoms with Gasteiger partial charge in [-0.3, -0.25) is 14.5 Å². The number of fused-ring (bicyclic) bond motifs is 1. The van der Waals surface area contributed by atoms with Crippen molar-refractivity contribution in [2.45, 2.75) is 26.8 Å². The molecule has 1 aliphatic rings. The summed E-state index contributed by atoms with van der Waals surface area (Å²) in [7, 11) is 1.57. The maximum Gasteiger partial charge on any atom is 0.301 e. The van der Waals surface area contributed by atoms with E-state index in [9.17, 15) is 14.7 Å². The van der Waals surface area contributed by atoms with Gasteiger partial charge in [0.1, 0.15) is 23.9 Å². The van der Waals surface area contributed by atoms with Crippen LogP contribution < -0.4 is 14.4 Å². The van der Waals surface area contributed by atoms with Gasteiger partial charge in [-0.05, 0) is 79.4 Å². The number of aliphatic hydroxyl groups is 1. The molecule has 1 atom stereocenters. The van der Waals surface area contributed by atoms with Gasteiger partial charge in [-0.25, -0.2) is 4.98 Å². The van der Waals surface area contributed by atoms with Crippen molar-refractivity contribution in [1.29, 1.82) is 0 Å². The molecule has 198 valence electrons. The summed E-state index contributed by atoms with van der Waals surface area (Å²) in [6, 6.07) is 15.4. The quantitative estimate of drug-likeness (QED) is 0.126. The first-order valence-electron chi connectivity index (χ1n) is 12.4. The van der Waals surface area contributed by atoms with Crippen molar-refractivity contribution in [3.8, 4) is 11.5 Å². The van der Waals surface area contributed by atoms with E-state index in [-0.39, 0.29) is 11.3 Å². The first-order chi connectivity index (χ1) is 18.7. The molecule has 1 fully saturated rings. The molecule has 7 nitrogen and oxygen atoms in total. The summed E-state index contributed by atoms with van der Waals surface area (Å²) in [5, 5.41) is 11.9. The molecule has 0 spiro atoms. The Morgan fingerprint density at radius 2 is 1.82 bits per heavy atom. The Morgan fingerprint density at radius 3 is 2.49 bits per heavy atom. The maximum absolute atomic E-state index is 13.6. The van der Waals surface area contributed by atoms with E-state index < -0.39 is 17.7 Å². The SMILES string of the molecule is C=CCOc1ccc([C@@H]2/C(=C(\O)c3ccc(OC)c(C)c3)C(=O)C(=O)N2c2nc3c(C)cc(C)cc3s2)cc1. The number of anilines is 1. The van der Waals surface area contributed by atoms with E-state index in [1.54, 1.807) is 55.7 Å². The Morgan fingerprint density at radius 1 is 1.08 bits per heavy atom. The molecule has 8 heteroatoms. The number of aliphatic hydroxyl groups excluding tert-OH is 1. The summed E-state index contributed by atoms with van der Waals surface area (Å²) in [6.45, 7) is 9.84. The Bertz CT molecular complexity index is 1650. The number of aromatic nitrogens is 1. The first-order valence-corrected chi connectivity index (χ1v) is 13.2. The van der Waals surface area contributed by atoms with Gasteiger partial charge in [-0.15, -0.1) is 0 Å². The molecule has 3 aromatic carbocycles. The van der Waals surface area contributed by atoms with Crippen molar-refractivity contribution in [3.05, 3.63) is 101 Å². The molecule has 1 N–H and O–H groups in total. The first kappa shape index (κ1) is 26.2. The molecule has 5 rings (SSSR count). The molecule has 0 unspecified atom stereocenters. The highest BCUT2D eigenvalue weighted by molar-refractivity contribution is 7.22. The number of rotatable bonds is 7. The van der Waals surface area contributed by atoms with E-state index in [4.69, 9.17) is 14.5 Å². The molecule has 2 heterocycles. The number of aryl methyl sites for hydroxylation is 3. The number of amides is 1. The molecule has 39 heavy (non-hydrogen) atoms. The van der Waals surface area contributed by atoms with Gasteiger partial charge in [0.05, 0.1) is 28.9 Å². The van der Waals surface area contributed by atoms with E-state index in [1.807, 2.05) is 32.9 Å². The zero-order chi connectivity index (χ0) is 27.8. The van der Waals surface area contributed by atoms with Crippen LogP contribution in [0.1, 0.15) is 33.9 Å². The van der Waals surface area contributed by atoms with Crippen LogP contribution in [0.4, 0.5) is 5.13 Å². The lowest BCUT2D eigenvalue weighted by Crippen LogP contribution is -2.29. The van der Waals surface area contributed by atoms with Crippen LogP contribution in [0.15, 0.2) is 72.8 Å². The number of ketones is 1. The van der Waals surface area contributed by atoms with E-state index in [0.29, 0.717) is 34.4 Å². The van der Waals surface area contributed by atoms with Gasteiger partial charge in [-0.1, -0.05) is 42.2 Å². The lowest BCUT2D eigenvalue weighted by molar-refractivity contribution is -0.132. The van der Waals surface area contributed by atoms with Crippen LogP contribution >= 0.6 is 11.3 Å². The predicted octanol–water partition coefficient (Wildman–Crippen LogP) is 6.42. The summed E-state index contributed by atoms with van der Waals surface area (Å²) < 4.78 is 11.9. The molecular weight excluding hydrogens is 512 g/mol. The number of carbonyl (C=O) groups is 2. The Balaban J connectivity index is 1.70. The minimum atomic E-state index is -0.886. The zero-order valence-corrected chi connectivity index (χ0v) is 23.0. The lowest BCUT2D eigenvalue weighted by Gasteiger charge is -2.23. The second-order valence-electron chi connectivity index (χ2n) is 9.45. The Hall–Kier alpha value is -4.43. The molecule has 1 aliphatic heterocycles. The summed E-state index contributed by atoms with van der Waals surface area (Å²) >= 11 is 1.34. The van der Waals surface area contributed by atoms with Crippen LogP contribution in [0, 0.1) is 20.8 Å². The Labute approximate surface area is 230 Å². The average Bonchev–Trinajstić information content (AvgIpc) is 3.45.